The molecule has 1 fully saturated rings. The normalized spacial score (nSPS) is 16.2. The summed E-state index contributed by atoms with van der Waals surface area (Å²) in [4.78, 5) is 16.9. The fraction of sp³-hybridized carbons (Fsp3) is 0.476. The zero-order chi connectivity index (χ0) is 20.7. The molecule has 0 radical (unpaired) electrons. The molecule has 0 atom stereocenters. The van der Waals surface area contributed by atoms with Crippen LogP contribution in [0.15, 0.2) is 47.4 Å². The highest BCUT2D eigenvalue weighted by atomic mass is 32.2. The van der Waals surface area contributed by atoms with E-state index in [0.717, 1.165) is 49.9 Å². The standard InChI is InChI=1S/C21H30N4O3S/c1-24-13-15-25(16-14-24)12-4-10-22-21(26)9-11-23-29(27,28)20-8-7-18-5-2-3-6-19(18)17-20/h2-3,5-8,17,23H,4,9-16H2,1H3,(H,22,26). The zero-order valence-corrected chi connectivity index (χ0v) is 17.7. The summed E-state index contributed by atoms with van der Waals surface area (Å²) in [5, 5.41) is 4.73. The first kappa shape index (κ1) is 21.7. The van der Waals surface area contributed by atoms with Gasteiger partial charge in [0.05, 0.1) is 4.90 Å². The van der Waals surface area contributed by atoms with Crippen molar-refractivity contribution >= 4 is 26.7 Å². The molecule has 1 aliphatic rings. The van der Waals surface area contributed by atoms with E-state index < -0.39 is 10.0 Å². The first-order chi connectivity index (χ1) is 13.9. The fourth-order valence-electron chi connectivity index (χ4n) is 3.41. The summed E-state index contributed by atoms with van der Waals surface area (Å²) < 4.78 is 27.4. The second-order valence-electron chi connectivity index (χ2n) is 7.51. The van der Waals surface area contributed by atoms with Crippen LogP contribution in [0.3, 0.4) is 0 Å². The molecule has 7 nitrogen and oxygen atoms in total. The second kappa shape index (κ2) is 10.2. The Hall–Kier alpha value is -2.00. The maximum absolute atomic E-state index is 12.5. The summed E-state index contributed by atoms with van der Waals surface area (Å²) in [5.41, 5.74) is 0. The summed E-state index contributed by atoms with van der Waals surface area (Å²) >= 11 is 0. The number of nitrogens with one attached hydrogen (secondary N) is 2. The van der Waals surface area contributed by atoms with E-state index >= 15 is 0 Å². The summed E-state index contributed by atoms with van der Waals surface area (Å²) in [6.07, 6.45) is 1.03. The van der Waals surface area contributed by atoms with E-state index in [4.69, 9.17) is 0 Å². The highest BCUT2D eigenvalue weighted by Crippen LogP contribution is 2.18. The number of benzene rings is 2. The smallest absolute Gasteiger partial charge is 0.240 e. The third-order valence-electron chi connectivity index (χ3n) is 5.24. The molecule has 3 rings (SSSR count). The molecule has 158 valence electrons. The van der Waals surface area contributed by atoms with Gasteiger partial charge in [0.1, 0.15) is 0 Å². The molecule has 0 spiro atoms. The number of hydrogen-bond donors (Lipinski definition) is 2. The second-order valence-corrected chi connectivity index (χ2v) is 9.27. The molecule has 0 saturated carbocycles. The van der Waals surface area contributed by atoms with Crippen molar-refractivity contribution in [3.63, 3.8) is 0 Å². The van der Waals surface area contributed by atoms with Crippen LogP contribution in [0.2, 0.25) is 0 Å². The zero-order valence-electron chi connectivity index (χ0n) is 16.9. The van der Waals surface area contributed by atoms with Crippen LogP contribution >= 0.6 is 0 Å². The first-order valence-corrected chi connectivity index (χ1v) is 11.6. The van der Waals surface area contributed by atoms with Gasteiger partial charge in [0.2, 0.25) is 15.9 Å². The fourth-order valence-corrected chi connectivity index (χ4v) is 4.47. The topological polar surface area (TPSA) is 81.8 Å². The molecule has 0 aromatic heterocycles. The lowest BCUT2D eigenvalue weighted by molar-refractivity contribution is -0.120. The predicted octanol–water partition coefficient (Wildman–Crippen LogP) is 1.26. The monoisotopic (exact) mass is 418 g/mol. The van der Waals surface area contributed by atoms with Crippen LogP contribution in [0.25, 0.3) is 10.8 Å². The molecule has 0 unspecified atom stereocenters. The van der Waals surface area contributed by atoms with Crippen molar-refractivity contribution in [1.29, 1.82) is 0 Å². The quantitative estimate of drug-likeness (QED) is 0.599. The minimum atomic E-state index is -3.63. The molecular formula is C21H30N4O3S. The number of fused-ring (bicyclic) bond motifs is 1. The van der Waals surface area contributed by atoms with Crippen LogP contribution in [0.5, 0.6) is 0 Å². The lowest BCUT2D eigenvalue weighted by Crippen LogP contribution is -2.45. The van der Waals surface area contributed by atoms with Gasteiger partial charge in [0.15, 0.2) is 0 Å². The lowest BCUT2D eigenvalue weighted by atomic mass is 10.1. The summed E-state index contributed by atoms with van der Waals surface area (Å²) in [6.45, 7) is 5.99. The lowest BCUT2D eigenvalue weighted by Gasteiger charge is -2.32. The van der Waals surface area contributed by atoms with Crippen molar-refractivity contribution in [3.8, 4) is 0 Å². The van der Waals surface area contributed by atoms with Gasteiger partial charge in [-0.15, -0.1) is 0 Å². The largest absolute Gasteiger partial charge is 0.356 e. The van der Waals surface area contributed by atoms with Crippen LogP contribution in [-0.2, 0) is 14.8 Å². The molecule has 1 saturated heterocycles. The number of piperazine rings is 1. The van der Waals surface area contributed by atoms with Crippen molar-refractivity contribution in [2.45, 2.75) is 17.7 Å². The molecule has 2 aromatic carbocycles. The molecule has 8 heteroatoms. The van der Waals surface area contributed by atoms with Crippen LogP contribution in [0, 0.1) is 0 Å². The van der Waals surface area contributed by atoms with E-state index in [9.17, 15) is 13.2 Å². The van der Waals surface area contributed by atoms with E-state index in [1.807, 2.05) is 24.3 Å². The van der Waals surface area contributed by atoms with Gasteiger partial charge in [0, 0.05) is 45.7 Å². The Labute approximate surface area is 173 Å². The Morgan fingerprint density at radius 3 is 2.48 bits per heavy atom. The van der Waals surface area contributed by atoms with Gasteiger partial charge in [0.25, 0.3) is 0 Å². The van der Waals surface area contributed by atoms with E-state index in [0.29, 0.717) is 6.54 Å². The summed E-state index contributed by atoms with van der Waals surface area (Å²) in [5.74, 6) is -0.135. The van der Waals surface area contributed by atoms with Crippen molar-refractivity contribution in [2.75, 3.05) is 52.9 Å². The van der Waals surface area contributed by atoms with Gasteiger partial charge in [-0.2, -0.15) is 0 Å². The number of carbonyl (C=O) groups excluding carboxylic acids is 1. The number of likely N-dealkylation sites (N-methyl/N-ethyl adjacent to an activating group) is 1. The number of nitrogens with zero attached hydrogens (tertiary/aromatic N) is 2. The third kappa shape index (κ3) is 6.50. The average molecular weight is 419 g/mol. The SMILES string of the molecule is CN1CCN(CCCNC(=O)CCNS(=O)(=O)c2ccc3ccccc3c2)CC1. The van der Waals surface area contributed by atoms with Gasteiger partial charge in [-0.25, -0.2) is 13.1 Å². The Morgan fingerprint density at radius 2 is 1.72 bits per heavy atom. The number of hydrogen-bond acceptors (Lipinski definition) is 5. The van der Waals surface area contributed by atoms with Gasteiger partial charge in [-0.1, -0.05) is 30.3 Å². The van der Waals surface area contributed by atoms with Gasteiger partial charge >= 0.3 is 0 Å². The minimum Gasteiger partial charge on any atom is -0.356 e. The first-order valence-electron chi connectivity index (χ1n) is 10.1. The molecule has 29 heavy (non-hydrogen) atoms. The Morgan fingerprint density at radius 1 is 1.00 bits per heavy atom. The van der Waals surface area contributed by atoms with E-state index in [-0.39, 0.29) is 23.8 Å². The summed E-state index contributed by atoms with van der Waals surface area (Å²) in [6, 6.07) is 12.6. The van der Waals surface area contributed by atoms with E-state index in [1.54, 1.807) is 18.2 Å². The molecule has 0 bridgehead atoms. The Bertz CT molecular complexity index is 924. The Balaban J connectivity index is 1.36. The molecule has 1 heterocycles. The Kier molecular flexibility index (Phi) is 7.60. The van der Waals surface area contributed by atoms with Crippen molar-refractivity contribution in [2.24, 2.45) is 0 Å². The van der Waals surface area contributed by atoms with Gasteiger partial charge in [-0.3, -0.25) is 4.79 Å². The molecule has 1 amide bonds. The van der Waals surface area contributed by atoms with Crippen LogP contribution in [0.4, 0.5) is 0 Å². The van der Waals surface area contributed by atoms with Crippen LogP contribution in [0.1, 0.15) is 12.8 Å². The maximum Gasteiger partial charge on any atom is 0.240 e. The maximum atomic E-state index is 12.5. The van der Waals surface area contributed by atoms with Gasteiger partial charge in [-0.05, 0) is 42.9 Å². The summed E-state index contributed by atoms with van der Waals surface area (Å²) in [7, 11) is -1.50. The van der Waals surface area contributed by atoms with Crippen molar-refractivity contribution in [1.82, 2.24) is 19.8 Å². The highest BCUT2D eigenvalue weighted by Gasteiger charge is 2.15. The van der Waals surface area contributed by atoms with E-state index in [2.05, 4.69) is 26.9 Å². The number of carbonyl (C=O) groups is 1. The van der Waals surface area contributed by atoms with Gasteiger partial charge < -0.3 is 15.1 Å². The molecule has 2 aromatic rings. The average Bonchev–Trinajstić information content (AvgIpc) is 2.72. The van der Waals surface area contributed by atoms with Crippen molar-refractivity contribution in [3.05, 3.63) is 42.5 Å². The van der Waals surface area contributed by atoms with Crippen LogP contribution < -0.4 is 10.0 Å². The van der Waals surface area contributed by atoms with Crippen LogP contribution in [-0.4, -0.2) is 77.0 Å². The number of amides is 1. The van der Waals surface area contributed by atoms with E-state index in [1.165, 1.54) is 0 Å². The minimum absolute atomic E-state index is 0.0828. The third-order valence-corrected chi connectivity index (χ3v) is 6.70. The molecular weight excluding hydrogens is 388 g/mol. The predicted molar refractivity (Wildman–Crippen MR) is 115 cm³/mol. The van der Waals surface area contributed by atoms with Crippen molar-refractivity contribution < 1.29 is 13.2 Å². The molecule has 0 aliphatic carbocycles. The molecule has 2 N–H and O–H groups in total. The highest BCUT2D eigenvalue weighted by molar-refractivity contribution is 7.89. The number of rotatable bonds is 9. The molecule has 1 aliphatic heterocycles. The number of sulfonamides is 1.